The number of aromatic amines is 1. The number of hydrogen-bond donors (Lipinski definition) is 2. The summed E-state index contributed by atoms with van der Waals surface area (Å²) in [5.41, 5.74) is 3.02. The molecule has 0 saturated carbocycles. The van der Waals surface area contributed by atoms with Gasteiger partial charge in [0.2, 0.25) is 0 Å². The highest BCUT2D eigenvalue weighted by atomic mass is 16.5. The second-order valence-electron chi connectivity index (χ2n) is 6.63. The lowest BCUT2D eigenvalue weighted by Gasteiger charge is -2.27. The van der Waals surface area contributed by atoms with E-state index in [4.69, 9.17) is 9.47 Å². The van der Waals surface area contributed by atoms with Crippen molar-refractivity contribution in [2.24, 2.45) is 0 Å². The molecule has 8 heteroatoms. The maximum Gasteiger partial charge on any atom is 0.339 e. The first-order valence-corrected chi connectivity index (χ1v) is 9.40. The van der Waals surface area contributed by atoms with Crippen LogP contribution in [-0.2, 0) is 22.4 Å². The fourth-order valence-electron chi connectivity index (χ4n) is 3.30. The number of nitrogens with one attached hydrogen (secondary N) is 2. The average Bonchev–Trinajstić information content (AvgIpc) is 3.09. The van der Waals surface area contributed by atoms with Crippen LogP contribution >= 0.6 is 0 Å². The lowest BCUT2D eigenvalue weighted by atomic mass is 10.1. The third kappa shape index (κ3) is 4.17. The average molecular weight is 386 g/mol. The van der Waals surface area contributed by atoms with Gasteiger partial charge in [0.05, 0.1) is 25.9 Å². The van der Waals surface area contributed by atoms with E-state index in [1.807, 2.05) is 19.1 Å². The Hall–Kier alpha value is -2.87. The van der Waals surface area contributed by atoms with E-state index in [1.165, 1.54) is 7.11 Å². The number of esters is 1. The SMILES string of the molecule is CCc1[nH]c(C(=O)NCc2ccc(N3CCOCC3)nc2)c(C)c1C(=O)OC. The number of amides is 1. The number of morpholine rings is 1. The van der Waals surface area contributed by atoms with Gasteiger partial charge in [0.1, 0.15) is 11.5 Å². The van der Waals surface area contributed by atoms with Crippen molar-refractivity contribution in [3.8, 4) is 0 Å². The lowest BCUT2D eigenvalue weighted by Crippen LogP contribution is -2.36. The molecule has 2 N–H and O–H groups in total. The van der Waals surface area contributed by atoms with Crippen LogP contribution < -0.4 is 10.2 Å². The predicted molar refractivity (Wildman–Crippen MR) is 105 cm³/mol. The van der Waals surface area contributed by atoms with E-state index >= 15 is 0 Å². The van der Waals surface area contributed by atoms with Crippen molar-refractivity contribution in [3.63, 3.8) is 0 Å². The summed E-state index contributed by atoms with van der Waals surface area (Å²) >= 11 is 0. The smallest absolute Gasteiger partial charge is 0.339 e. The Balaban J connectivity index is 1.65. The van der Waals surface area contributed by atoms with Gasteiger partial charge in [-0.2, -0.15) is 0 Å². The summed E-state index contributed by atoms with van der Waals surface area (Å²) in [4.78, 5) is 34.3. The molecule has 1 aliphatic heterocycles. The molecule has 0 bridgehead atoms. The van der Waals surface area contributed by atoms with Crippen LogP contribution in [0, 0.1) is 6.92 Å². The molecule has 0 aliphatic carbocycles. The van der Waals surface area contributed by atoms with Crippen molar-refractivity contribution < 1.29 is 19.1 Å². The number of carbonyl (C=O) groups is 2. The number of methoxy groups -OCH3 is 1. The summed E-state index contributed by atoms with van der Waals surface area (Å²) in [5.74, 6) is 0.209. The standard InChI is InChI=1S/C20H26N4O4/c1-4-15-17(20(26)27-3)13(2)18(23-15)19(25)22-12-14-5-6-16(21-11-14)24-7-9-28-10-8-24/h5-6,11,23H,4,7-10,12H2,1-3H3,(H,22,25). The van der Waals surface area contributed by atoms with Crippen molar-refractivity contribution in [2.45, 2.75) is 26.8 Å². The summed E-state index contributed by atoms with van der Waals surface area (Å²) in [6.07, 6.45) is 2.37. The highest BCUT2D eigenvalue weighted by Crippen LogP contribution is 2.20. The Kier molecular flexibility index (Phi) is 6.30. The highest BCUT2D eigenvalue weighted by molar-refractivity contribution is 6.00. The van der Waals surface area contributed by atoms with Gasteiger partial charge in [-0.25, -0.2) is 9.78 Å². The molecular formula is C20H26N4O4. The second kappa shape index (κ2) is 8.88. The third-order valence-corrected chi connectivity index (χ3v) is 4.90. The normalized spacial score (nSPS) is 14.0. The van der Waals surface area contributed by atoms with E-state index in [1.54, 1.807) is 13.1 Å². The first-order chi connectivity index (χ1) is 13.5. The number of H-pyrrole nitrogens is 1. The van der Waals surface area contributed by atoms with Crippen LogP contribution in [-0.4, -0.2) is 55.3 Å². The molecule has 1 aliphatic rings. The zero-order valence-electron chi connectivity index (χ0n) is 16.5. The maximum atomic E-state index is 12.6. The van der Waals surface area contributed by atoms with Gasteiger partial charge in [0.15, 0.2) is 0 Å². The fraction of sp³-hybridized carbons (Fsp3) is 0.450. The molecule has 2 aromatic heterocycles. The van der Waals surface area contributed by atoms with Crippen LogP contribution in [0.25, 0.3) is 0 Å². The Bertz CT molecular complexity index is 839. The molecule has 0 atom stereocenters. The number of aryl methyl sites for hydroxylation is 1. The summed E-state index contributed by atoms with van der Waals surface area (Å²) in [5, 5.41) is 2.88. The van der Waals surface area contributed by atoms with Gasteiger partial charge in [0.25, 0.3) is 5.91 Å². The largest absolute Gasteiger partial charge is 0.465 e. The molecular weight excluding hydrogens is 360 g/mol. The number of carbonyl (C=O) groups excluding carboxylic acids is 2. The monoisotopic (exact) mass is 386 g/mol. The summed E-state index contributed by atoms with van der Waals surface area (Å²) in [7, 11) is 1.33. The molecule has 0 unspecified atom stereocenters. The quantitative estimate of drug-likeness (QED) is 0.736. The summed E-state index contributed by atoms with van der Waals surface area (Å²) in [6.45, 7) is 7.10. The van der Waals surface area contributed by atoms with E-state index in [-0.39, 0.29) is 5.91 Å². The van der Waals surface area contributed by atoms with Crippen molar-refractivity contribution in [1.82, 2.24) is 15.3 Å². The molecule has 8 nitrogen and oxygen atoms in total. The topological polar surface area (TPSA) is 96.5 Å². The Morgan fingerprint density at radius 3 is 2.68 bits per heavy atom. The minimum absolute atomic E-state index is 0.264. The van der Waals surface area contributed by atoms with Crippen molar-refractivity contribution in [3.05, 3.63) is 46.4 Å². The van der Waals surface area contributed by atoms with Crippen molar-refractivity contribution >= 4 is 17.7 Å². The second-order valence-corrected chi connectivity index (χ2v) is 6.63. The zero-order chi connectivity index (χ0) is 20.1. The molecule has 1 amide bonds. The van der Waals surface area contributed by atoms with E-state index in [0.29, 0.717) is 48.7 Å². The number of nitrogens with zero attached hydrogens (tertiary/aromatic N) is 2. The van der Waals surface area contributed by atoms with Crippen LogP contribution in [0.3, 0.4) is 0 Å². The van der Waals surface area contributed by atoms with Gasteiger partial charge < -0.3 is 24.7 Å². The minimum Gasteiger partial charge on any atom is -0.465 e. The Labute approximate surface area is 164 Å². The van der Waals surface area contributed by atoms with Crippen molar-refractivity contribution in [2.75, 3.05) is 38.3 Å². The Morgan fingerprint density at radius 2 is 2.07 bits per heavy atom. The van der Waals surface area contributed by atoms with Crippen LogP contribution in [0.4, 0.5) is 5.82 Å². The molecule has 1 fully saturated rings. The van der Waals surface area contributed by atoms with Crippen LogP contribution in [0.2, 0.25) is 0 Å². The molecule has 3 heterocycles. The Morgan fingerprint density at radius 1 is 1.32 bits per heavy atom. The molecule has 1 saturated heterocycles. The number of anilines is 1. The number of ether oxygens (including phenoxy) is 2. The van der Waals surface area contributed by atoms with Gasteiger partial charge in [0, 0.05) is 31.5 Å². The molecule has 3 rings (SSSR count). The first kappa shape index (κ1) is 19.9. The molecule has 0 spiro atoms. The highest BCUT2D eigenvalue weighted by Gasteiger charge is 2.23. The molecule has 150 valence electrons. The van der Waals surface area contributed by atoms with Crippen LogP contribution in [0.5, 0.6) is 0 Å². The summed E-state index contributed by atoms with van der Waals surface area (Å²) < 4.78 is 10.2. The number of rotatable bonds is 6. The summed E-state index contributed by atoms with van der Waals surface area (Å²) in [6, 6.07) is 3.91. The van der Waals surface area contributed by atoms with Gasteiger partial charge in [-0.05, 0) is 30.5 Å². The van der Waals surface area contributed by atoms with Crippen LogP contribution in [0.1, 0.15) is 44.6 Å². The van der Waals surface area contributed by atoms with E-state index in [0.717, 1.165) is 24.5 Å². The predicted octanol–water partition coefficient (Wildman–Crippen LogP) is 1.83. The maximum absolute atomic E-state index is 12.6. The first-order valence-electron chi connectivity index (χ1n) is 9.40. The van der Waals surface area contributed by atoms with Gasteiger partial charge in [-0.15, -0.1) is 0 Å². The van der Waals surface area contributed by atoms with Gasteiger partial charge in [-0.3, -0.25) is 4.79 Å². The van der Waals surface area contributed by atoms with Crippen molar-refractivity contribution in [1.29, 1.82) is 0 Å². The number of pyridine rings is 1. The molecule has 0 radical (unpaired) electrons. The van der Waals surface area contributed by atoms with Crippen LogP contribution in [0.15, 0.2) is 18.3 Å². The molecule has 2 aromatic rings. The third-order valence-electron chi connectivity index (χ3n) is 4.90. The number of hydrogen-bond acceptors (Lipinski definition) is 6. The minimum atomic E-state index is -0.437. The van der Waals surface area contributed by atoms with E-state index < -0.39 is 5.97 Å². The van der Waals surface area contributed by atoms with E-state index in [2.05, 4.69) is 20.2 Å². The number of aromatic nitrogens is 2. The molecule has 0 aromatic carbocycles. The lowest BCUT2D eigenvalue weighted by molar-refractivity contribution is 0.0599. The van der Waals surface area contributed by atoms with Gasteiger partial charge >= 0.3 is 5.97 Å². The van der Waals surface area contributed by atoms with E-state index in [9.17, 15) is 9.59 Å². The fourth-order valence-corrected chi connectivity index (χ4v) is 3.30. The van der Waals surface area contributed by atoms with Gasteiger partial charge in [-0.1, -0.05) is 13.0 Å². The zero-order valence-corrected chi connectivity index (χ0v) is 16.5. The molecule has 28 heavy (non-hydrogen) atoms.